The van der Waals surface area contributed by atoms with E-state index < -0.39 is 0 Å². The standard InChI is InChI=1S/C10H21N/c1-9(2)5-3-6-10(11)7-4-8-10/h9H,3-8,11H2,1-2H3. The molecule has 1 saturated carbocycles. The average molecular weight is 155 g/mol. The van der Waals surface area contributed by atoms with Crippen LogP contribution in [0, 0.1) is 5.92 Å². The maximum Gasteiger partial charge on any atom is 0.0154 e. The van der Waals surface area contributed by atoms with Gasteiger partial charge in [-0.25, -0.2) is 0 Å². The second-order valence-electron chi connectivity index (χ2n) is 4.50. The molecule has 0 amide bonds. The highest BCUT2D eigenvalue weighted by atomic mass is 14.8. The number of hydrogen-bond acceptors (Lipinski definition) is 1. The Balaban J connectivity index is 2.02. The molecule has 0 spiro atoms. The first kappa shape index (κ1) is 9.05. The van der Waals surface area contributed by atoms with Crippen LogP contribution < -0.4 is 5.73 Å². The Morgan fingerprint density at radius 3 is 2.36 bits per heavy atom. The van der Waals surface area contributed by atoms with Gasteiger partial charge in [0.25, 0.3) is 0 Å². The lowest BCUT2D eigenvalue weighted by atomic mass is 9.74. The second-order valence-corrected chi connectivity index (χ2v) is 4.50. The first-order valence-corrected chi connectivity index (χ1v) is 4.91. The molecule has 0 unspecified atom stereocenters. The first-order valence-electron chi connectivity index (χ1n) is 4.91. The van der Waals surface area contributed by atoms with Crippen LogP contribution in [0.4, 0.5) is 0 Å². The minimum atomic E-state index is 0.259. The Labute approximate surface area is 70.4 Å². The Morgan fingerprint density at radius 2 is 2.00 bits per heavy atom. The topological polar surface area (TPSA) is 26.0 Å². The van der Waals surface area contributed by atoms with Gasteiger partial charge in [0.1, 0.15) is 0 Å². The summed E-state index contributed by atoms with van der Waals surface area (Å²) in [5.74, 6) is 0.846. The quantitative estimate of drug-likeness (QED) is 0.663. The molecule has 0 aromatic heterocycles. The van der Waals surface area contributed by atoms with Gasteiger partial charge in [0, 0.05) is 5.54 Å². The minimum absolute atomic E-state index is 0.259. The summed E-state index contributed by atoms with van der Waals surface area (Å²) in [6.45, 7) is 4.56. The highest BCUT2D eigenvalue weighted by Crippen LogP contribution is 2.33. The highest BCUT2D eigenvalue weighted by Gasteiger charge is 2.31. The fraction of sp³-hybridized carbons (Fsp3) is 1.00. The van der Waals surface area contributed by atoms with Crippen molar-refractivity contribution in [2.75, 3.05) is 0 Å². The molecule has 0 aromatic carbocycles. The van der Waals surface area contributed by atoms with Crippen molar-refractivity contribution in [1.82, 2.24) is 0 Å². The van der Waals surface area contributed by atoms with Gasteiger partial charge in [-0.05, 0) is 31.6 Å². The van der Waals surface area contributed by atoms with E-state index in [4.69, 9.17) is 5.73 Å². The van der Waals surface area contributed by atoms with Crippen LogP contribution in [-0.4, -0.2) is 5.54 Å². The monoisotopic (exact) mass is 155 g/mol. The summed E-state index contributed by atoms with van der Waals surface area (Å²) in [5, 5.41) is 0. The van der Waals surface area contributed by atoms with Crippen molar-refractivity contribution in [3.63, 3.8) is 0 Å². The van der Waals surface area contributed by atoms with Crippen molar-refractivity contribution in [1.29, 1.82) is 0 Å². The molecule has 2 N–H and O–H groups in total. The minimum Gasteiger partial charge on any atom is -0.325 e. The molecule has 0 atom stereocenters. The van der Waals surface area contributed by atoms with Crippen molar-refractivity contribution in [3.05, 3.63) is 0 Å². The third-order valence-electron chi connectivity index (χ3n) is 2.81. The molecule has 0 radical (unpaired) electrons. The lowest BCUT2D eigenvalue weighted by Crippen LogP contribution is -2.46. The normalized spacial score (nSPS) is 21.8. The van der Waals surface area contributed by atoms with Crippen molar-refractivity contribution in [3.8, 4) is 0 Å². The van der Waals surface area contributed by atoms with Gasteiger partial charge in [-0.3, -0.25) is 0 Å². The molecule has 0 heterocycles. The van der Waals surface area contributed by atoms with Crippen LogP contribution in [0.25, 0.3) is 0 Å². The number of rotatable bonds is 4. The van der Waals surface area contributed by atoms with Crippen LogP contribution in [0.2, 0.25) is 0 Å². The third kappa shape index (κ3) is 2.82. The molecule has 0 aliphatic heterocycles. The highest BCUT2D eigenvalue weighted by molar-refractivity contribution is 4.92. The Bertz CT molecular complexity index is 114. The van der Waals surface area contributed by atoms with Crippen LogP contribution in [0.1, 0.15) is 52.4 Å². The molecule has 11 heavy (non-hydrogen) atoms. The molecule has 1 nitrogen and oxygen atoms in total. The van der Waals surface area contributed by atoms with Crippen molar-refractivity contribution in [2.45, 2.75) is 57.9 Å². The summed E-state index contributed by atoms with van der Waals surface area (Å²) in [7, 11) is 0. The molecule has 66 valence electrons. The van der Waals surface area contributed by atoms with Gasteiger partial charge in [-0.1, -0.05) is 26.7 Å². The van der Waals surface area contributed by atoms with Crippen molar-refractivity contribution >= 4 is 0 Å². The largest absolute Gasteiger partial charge is 0.325 e. The second kappa shape index (κ2) is 3.57. The molecule has 0 aromatic rings. The van der Waals surface area contributed by atoms with E-state index in [9.17, 15) is 0 Å². The fourth-order valence-corrected chi connectivity index (χ4v) is 1.74. The fourth-order valence-electron chi connectivity index (χ4n) is 1.74. The molecular weight excluding hydrogens is 134 g/mol. The zero-order valence-corrected chi connectivity index (χ0v) is 7.90. The van der Waals surface area contributed by atoms with Gasteiger partial charge >= 0.3 is 0 Å². The molecule has 0 saturated heterocycles. The SMILES string of the molecule is CC(C)CCCC1(N)CCC1. The molecule has 0 bridgehead atoms. The average Bonchev–Trinajstić information content (AvgIpc) is 1.83. The van der Waals surface area contributed by atoms with Crippen molar-refractivity contribution in [2.24, 2.45) is 11.7 Å². The smallest absolute Gasteiger partial charge is 0.0154 e. The van der Waals surface area contributed by atoms with E-state index in [2.05, 4.69) is 13.8 Å². The Kier molecular flexibility index (Phi) is 2.94. The maximum absolute atomic E-state index is 6.09. The molecule has 1 aliphatic carbocycles. The van der Waals surface area contributed by atoms with Gasteiger partial charge in [0.15, 0.2) is 0 Å². The van der Waals surface area contributed by atoms with E-state index in [0.717, 1.165) is 5.92 Å². The van der Waals surface area contributed by atoms with Gasteiger partial charge in [-0.2, -0.15) is 0 Å². The number of nitrogens with two attached hydrogens (primary N) is 1. The summed E-state index contributed by atoms with van der Waals surface area (Å²) >= 11 is 0. The summed E-state index contributed by atoms with van der Waals surface area (Å²) < 4.78 is 0. The van der Waals surface area contributed by atoms with Crippen molar-refractivity contribution < 1.29 is 0 Å². The summed E-state index contributed by atoms with van der Waals surface area (Å²) in [6, 6.07) is 0. The van der Waals surface area contributed by atoms with Crippen LogP contribution in [-0.2, 0) is 0 Å². The van der Waals surface area contributed by atoms with E-state index >= 15 is 0 Å². The lowest BCUT2D eigenvalue weighted by Gasteiger charge is -2.38. The van der Waals surface area contributed by atoms with Gasteiger partial charge in [0.2, 0.25) is 0 Å². The number of hydrogen-bond donors (Lipinski definition) is 1. The zero-order chi connectivity index (χ0) is 8.32. The van der Waals surface area contributed by atoms with Crippen LogP contribution in [0.15, 0.2) is 0 Å². The van der Waals surface area contributed by atoms with E-state index in [-0.39, 0.29) is 5.54 Å². The van der Waals surface area contributed by atoms with E-state index in [1.54, 1.807) is 0 Å². The van der Waals surface area contributed by atoms with E-state index in [1.807, 2.05) is 0 Å². The summed E-state index contributed by atoms with van der Waals surface area (Å²) in [6.07, 6.45) is 7.83. The predicted octanol–water partition coefficient (Wildman–Crippen LogP) is 2.69. The van der Waals surface area contributed by atoms with Gasteiger partial charge < -0.3 is 5.73 Å². The van der Waals surface area contributed by atoms with E-state index in [0.29, 0.717) is 0 Å². The Hall–Kier alpha value is -0.0400. The molecule has 1 fully saturated rings. The molecule has 1 aliphatic rings. The van der Waals surface area contributed by atoms with E-state index in [1.165, 1.54) is 38.5 Å². The molecular formula is C10H21N. The zero-order valence-electron chi connectivity index (χ0n) is 7.90. The van der Waals surface area contributed by atoms with Crippen LogP contribution >= 0.6 is 0 Å². The first-order chi connectivity index (χ1) is 5.12. The Morgan fingerprint density at radius 1 is 1.36 bits per heavy atom. The van der Waals surface area contributed by atoms with Crippen LogP contribution in [0.3, 0.4) is 0 Å². The van der Waals surface area contributed by atoms with Crippen LogP contribution in [0.5, 0.6) is 0 Å². The van der Waals surface area contributed by atoms with Gasteiger partial charge in [0.05, 0.1) is 0 Å². The summed E-state index contributed by atoms with van der Waals surface area (Å²) in [5.41, 5.74) is 6.35. The summed E-state index contributed by atoms with van der Waals surface area (Å²) in [4.78, 5) is 0. The van der Waals surface area contributed by atoms with Gasteiger partial charge in [-0.15, -0.1) is 0 Å². The molecule has 1 rings (SSSR count). The molecule has 1 heteroatoms. The third-order valence-corrected chi connectivity index (χ3v) is 2.81. The predicted molar refractivity (Wildman–Crippen MR) is 49.5 cm³/mol. The maximum atomic E-state index is 6.09. The lowest BCUT2D eigenvalue weighted by molar-refractivity contribution is 0.222.